The molecule has 0 spiro atoms. The molecule has 4 heteroatoms. The number of carbonyl (C=O) groups is 1. The summed E-state index contributed by atoms with van der Waals surface area (Å²) in [6.07, 6.45) is 2.19. The zero-order valence-electron chi connectivity index (χ0n) is 11.0. The third kappa shape index (κ3) is 3.19. The van der Waals surface area contributed by atoms with Gasteiger partial charge in [-0.15, -0.1) is 0 Å². The number of rotatable bonds is 4. The van der Waals surface area contributed by atoms with Crippen molar-refractivity contribution in [3.63, 3.8) is 0 Å². The lowest BCUT2D eigenvalue weighted by Gasteiger charge is -2.40. The molecule has 1 heterocycles. The van der Waals surface area contributed by atoms with E-state index in [0.717, 1.165) is 6.61 Å². The van der Waals surface area contributed by atoms with E-state index in [1.807, 2.05) is 25.7 Å². The van der Waals surface area contributed by atoms with Crippen molar-refractivity contribution in [2.24, 2.45) is 5.92 Å². The second kappa shape index (κ2) is 5.36. The van der Waals surface area contributed by atoms with Crippen molar-refractivity contribution in [3.8, 4) is 0 Å². The van der Waals surface area contributed by atoms with E-state index in [-0.39, 0.29) is 24.1 Å². The average molecular weight is 241 g/mol. The Hall–Kier alpha value is -0.610. The molecule has 0 aromatic rings. The fourth-order valence-electron chi connectivity index (χ4n) is 2.28. The molecule has 98 valence electrons. The molecule has 4 nitrogen and oxygen atoms in total. The Kier molecular flexibility index (Phi) is 4.05. The number of nitrogens with zero attached hydrogens (tertiary/aromatic N) is 1. The lowest BCUT2D eigenvalue weighted by atomic mass is 10.1. The van der Waals surface area contributed by atoms with Crippen LogP contribution in [0.4, 0.5) is 0 Å². The molecule has 1 aliphatic heterocycles. The molecule has 2 aliphatic rings. The first kappa shape index (κ1) is 12.8. The summed E-state index contributed by atoms with van der Waals surface area (Å²) in [4.78, 5) is 14.2. The first-order chi connectivity index (χ1) is 8.09. The van der Waals surface area contributed by atoms with E-state index in [4.69, 9.17) is 9.47 Å². The third-order valence-corrected chi connectivity index (χ3v) is 3.55. The summed E-state index contributed by atoms with van der Waals surface area (Å²) in [5.74, 6) is 0.804. The molecule has 0 radical (unpaired) electrons. The third-order valence-electron chi connectivity index (χ3n) is 3.55. The van der Waals surface area contributed by atoms with Crippen LogP contribution in [0.25, 0.3) is 0 Å². The molecule has 17 heavy (non-hydrogen) atoms. The van der Waals surface area contributed by atoms with Gasteiger partial charge in [-0.25, -0.2) is 0 Å². The van der Waals surface area contributed by atoms with Crippen molar-refractivity contribution in [3.05, 3.63) is 0 Å². The zero-order chi connectivity index (χ0) is 12.4. The van der Waals surface area contributed by atoms with Crippen LogP contribution in [0.5, 0.6) is 0 Å². The van der Waals surface area contributed by atoms with Crippen LogP contribution in [0.3, 0.4) is 0 Å². The maximum absolute atomic E-state index is 12.3. The van der Waals surface area contributed by atoms with Crippen LogP contribution in [-0.2, 0) is 14.3 Å². The van der Waals surface area contributed by atoms with Crippen molar-refractivity contribution < 1.29 is 14.3 Å². The molecular formula is C13H23NO3. The Morgan fingerprint density at radius 2 is 1.94 bits per heavy atom. The number of ether oxygens (including phenoxy) is 2. The van der Waals surface area contributed by atoms with E-state index in [0.29, 0.717) is 19.1 Å². The number of carbonyl (C=O) groups excluding carboxylic acids is 1. The topological polar surface area (TPSA) is 38.8 Å². The molecule has 0 N–H and O–H groups in total. The summed E-state index contributed by atoms with van der Waals surface area (Å²) in [7, 11) is 0. The molecule has 1 saturated carbocycles. The summed E-state index contributed by atoms with van der Waals surface area (Å²) in [5.41, 5.74) is 0. The van der Waals surface area contributed by atoms with Crippen LogP contribution in [-0.4, -0.2) is 48.8 Å². The first-order valence-corrected chi connectivity index (χ1v) is 6.61. The van der Waals surface area contributed by atoms with Crippen molar-refractivity contribution >= 4 is 5.91 Å². The SMILES string of the molecule is C[C@H](OCC1CC1)C(=O)N1[C@H](C)COC[C@H]1C. The second-order valence-corrected chi connectivity index (χ2v) is 5.40. The van der Waals surface area contributed by atoms with Crippen molar-refractivity contribution in [1.82, 2.24) is 4.90 Å². The molecule has 1 aliphatic carbocycles. The van der Waals surface area contributed by atoms with Gasteiger partial charge in [0.25, 0.3) is 5.91 Å². The Labute approximate surface area is 103 Å². The molecule has 0 aromatic carbocycles. The van der Waals surface area contributed by atoms with Gasteiger partial charge in [0.2, 0.25) is 0 Å². The normalized spacial score (nSPS) is 31.4. The number of morpholine rings is 1. The smallest absolute Gasteiger partial charge is 0.252 e. The minimum Gasteiger partial charge on any atom is -0.377 e. The highest BCUT2D eigenvalue weighted by Gasteiger charge is 2.33. The fraction of sp³-hybridized carbons (Fsp3) is 0.923. The van der Waals surface area contributed by atoms with Gasteiger partial charge in [0.05, 0.1) is 31.9 Å². The lowest BCUT2D eigenvalue weighted by molar-refractivity contribution is -0.155. The summed E-state index contributed by atoms with van der Waals surface area (Å²) < 4.78 is 11.1. The van der Waals surface area contributed by atoms with E-state index in [2.05, 4.69) is 0 Å². The van der Waals surface area contributed by atoms with Crippen LogP contribution in [0.15, 0.2) is 0 Å². The molecule has 0 unspecified atom stereocenters. The summed E-state index contributed by atoms with van der Waals surface area (Å²) in [6, 6.07) is 0.302. The van der Waals surface area contributed by atoms with Crippen molar-refractivity contribution in [2.45, 2.75) is 51.8 Å². The van der Waals surface area contributed by atoms with Crippen LogP contribution in [0, 0.1) is 5.92 Å². The van der Waals surface area contributed by atoms with Gasteiger partial charge < -0.3 is 14.4 Å². The highest BCUT2D eigenvalue weighted by molar-refractivity contribution is 5.81. The van der Waals surface area contributed by atoms with Crippen LogP contribution >= 0.6 is 0 Å². The summed E-state index contributed by atoms with van der Waals surface area (Å²) >= 11 is 0. The van der Waals surface area contributed by atoms with Gasteiger partial charge in [-0.2, -0.15) is 0 Å². The molecular weight excluding hydrogens is 218 g/mol. The van der Waals surface area contributed by atoms with Gasteiger partial charge >= 0.3 is 0 Å². The van der Waals surface area contributed by atoms with Gasteiger partial charge in [-0.3, -0.25) is 4.79 Å². The predicted molar refractivity (Wildman–Crippen MR) is 64.7 cm³/mol. The zero-order valence-corrected chi connectivity index (χ0v) is 11.0. The molecule has 3 atom stereocenters. The molecule has 0 aromatic heterocycles. The predicted octanol–water partition coefficient (Wildman–Crippen LogP) is 1.44. The monoisotopic (exact) mass is 241 g/mol. The molecule has 1 amide bonds. The molecule has 1 saturated heterocycles. The Morgan fingerprint density at radius 1 is 1.35 bits per heavy atom. The fourth-order valence-corrected chi connectivity index (χ4v) is 2.28. The molecule has 2 fully saturated rings. The summed E-state index contributed by atoms with van der Waals surface area (Å²) in [6.45, 7) is 7.92. The summed E-state index contributed by atoms with van der Waals surface area (Å²) in [5, 5.41) is 0. The highest BCUT2D eigenvalue weighted by atomic mass is 16.5. The minimum absolute atomic E-state index is 0.106. The number of hydrogen-bond acceptors (Lipinski definition) is 3. The Morgan fingerprint density at radius 3 is 2.47 bits per heavy atom. The van der Waals surface area contributed by atoms with Crippen molar-refractivity contribution in [1.29, 1.82) is 0 Å². The van der Waals surface area contributed by atoms with E-state index in [1.54, 1.807) is 0 Å². The van der Waals surface area contributed by atoms with Gasteiger partial charge in [-0.1, -0.05) is 0 Å². The van der Waals surface area contributed by atoms with E-state index in [1.165, 1.54) is 12.8 Å². The van der Waals surface area contributed by atoms with Gasteiger partial charge in [0.1, 0.15) is 6.10 Å². The second-order valence-electron chi connectivity index (χ2n) is 5.40. The molecule has 2 rings (SSSR count). The largest absolute Gasteiger partial charge is 0.377 e. The van der Waals surface area contributed by atoms with Crippen LogP contribution < -0.4 is 0 Å². The van der Waals surface area contributed by atoms with Crippen LogP contribution in [0.1, 0.15) is 33.6 Å². The Balaban J connectivity index is 1.86. The van der Waals surface area contributed by atoms with Gasteiger partial charge in [0, 0.05) is 0 Å². The average Bonchev–Trinajstić information content (AvgIpc) is 3.09. The maximum Gasteiger partial charge on any atom is 0.252 e. The lowest BCUT2D eigenvalue weighted by Crippen LogP contribution is -2.55. The van der Waals surface area contributed by atoms with Gasteiger partial charge in [0.15, 0.2) is 0 Å². The van der Waals surface area contributed by atoms with E-state index < -0.39 is 0 Å². The quantitative estimate of drug-likeness (QED) is 0.747. The minimum atomic E-state index is -0.321. The maximum atomic E-state index is 12.3. The Bertz CT molecular complexity index is 268. The van der Waals surface area contributed by atoms with Gasteiger partial charge in [-0.05, 0) is 39.5 Å². The molecule has 0 bridgehead atoms. The van der Waals surface area contributed by atoms with E-state index in [9.17, 15) is 4.79 Å². The van der Waals surface area contributed by atoms with Crippen LogP contribution in [0.2, 0.25) is 0 Å². The first-order valence-electron chi connectivity index (χ1n) is 6.61. The number of amides is 1. The highest BCUT2D eigenvalue weighted by Crippen LogP contribution is 2.29. The van der Waals surface area contributed by atoms with E-state index >= 15 is 0 Å². The van der Waals surface area contributed by atoms with Crippen molar-refractivity contribution in [2.75, 3.05) is 19.8 Å². The number of hydrogen-bond donors (Lipinski definition) is 0. The standard InChI is InChI=1S/C13H23NO3/c1-9-6-16-7-10(2)14(9)13(15)11(3)17-8-12-4-5-12/h9-12H,4-8H2,1-3H3/t9-,10-,11+/m1/s1.